The third-order valence-corrected chi connectivity index (χ3v) is 7.85. The maximum atomic E-state index is 12.9. The molecule has 0 atom stereocenters. The number of urea groups is 1. The molecule has 4 rings (SSSR count). The van der Waals surface area contributed by atoms with Gasteiger partial charge in [0.2, 0.25) is 0 Å². The molecule has 1 aromatic heterocycles. The zero-order valence-electron chi connectivity index (χ0n) is 20.9. The second kappa shape index (κ2) is 12.0. The Bertz CT molecular complexity index is 933. The summed E-state index contributed by atoms with van der Waals surface area (Å²) < 4.78 is 5.58. The summed E-state index contributed by atoms with van der Waals surface area (Å²) in [5.74, 6) is 1.60. The van der Waals surface area contributed by atoms with Gasteiger partial charge in [-0.3, -0.25) is 10.2 Å². The van der Waals surface area contributed by atoms with E-state index in [1.807, 2.05) is 16.3 Å². The van der Waals surface area contributed by atoms with Crippen LogP contribution in [0.1, 0.15) is 38.2 Å². The van der Waals surface area contributed by atoms with Crippen LogP contribution < -0.4 is 10.1 Å². The molecule has 34 heavy (non-hydrogen) atoms. The van der Waals surface area contributed by atoms with Crippen molar-refractivity contribution in [2.45, 2.75) is 39.0 Å². The molecular weight excluding hydrogens is 446 g/mol. The fourth-order valence-electron chi connectivity index (χ4n) is 4.86. The van der Waals surface area contributed by atoms with E-state index in [1.54, 1.807) is 7.11 Å². The number of hydrogen-bond donors (Lipinski definition) is 1. The van der Waals surface area contributed by atoms with Crippen molar-refractivity contribution in [1.82, 2.24) is 19.7 Å². The van der Waals surface area contributed by atoms with Crippen LogP contribution in [0.2, 0.25) is 0 Å². The lowest BCUT2D eigenvalue weighted by Gasteiger charge is -2.38. The molecule has 2 saturated heterocycles. The number of benzene rings is 1. The Morgan fingerprint density at radius 3 is 2.65 bits per heavy atom. The van der Waals surface area contributed by atoms with Gasteiger partial charge in [0.05, 0.1) is 12.8 Å². The predicted molar refractivity (Wildman–Crippen MR) is 140 cm³/mol. The molecule has 3 heterocycles. The number of piperidine rings is 1. The van der Waals surface area contributed by atoms with Gasteiger partial charge in [0.15, 0.2) is 5.13 Å². The molecule has 2 aromatic rings. The van der Waals surface area contributed by atoms with Gasteiger partial charge in [-0.05, 0) is 69.4 Å². The number of nitrogens with zero attached hydrogens (tertiary/aromatic N) is 4. The van der Waals surface area contributed by atoms with E-state index in [1.165, 1.54) is 49.3 Å². The Morgan fingerprint density at radius 2 is 1.94 bits per heavy atom. The zero-order chi connectivity index (χ0) is 23.9. The van der Waals surface area contributed by atoms with Gasteiger partial charge < -0.3 is 14.5 Å². The lowest BCUT2D eigenvalue weighted by Crippen LogP contribution is -2.51. The number of anilines is 1. The first kappa shape index (κ1) is 24.9. The molecule has 7 nitrogen and oxygen atoms in total. The Hall–Kier alpha value is -2.16. The summed E-state index contributed by atoms with van der Waals surface area (Å²) in [6, 6.07) is 6.25. The minimum atomic E-state index is -0.0523. The van der Waals surface area contributed by atoms with Gasteiger partial charge in [-0.2, -0.15) is 0 Å². The van der Waals surface area contributed by atoms with Gasteiger partial charge in [-0.1, -0.05) is 19.4 Å². The fourth-order valence-corrected chi connectivity index (χ4v) is 5.56. The topological polar surface area (TPSA) is 60.9 Å². The van der Waals surface area contributed by atoms with Crippen LogP contribution in [0, 0.1) is 5.92 Å². The lowest BCUT2D eigenvalue weighted by atomic mass is 9.96. The fraction of sp³-hybridized carbons (Fsp3) is 0.615. The molecule has 186 valence electrons. The summed E-state index contributed by atoms with van der Waals surface area (Å²) in [6.07, 6.45) is 5.95. The highest BCUT2D eigenvalue weighted by atomic mass is 32.1. The van der Waals surface area contributed by atoms with Crippen LogP contribution in [0.15, 0.2) is 23.6 Å². The molecule has 1 N–H and O–H groups in total. The molecular formula is C26H39N5O2S. The van der Waals surface area contributed by atoms with Crippen LogP contribution in [0.4, 0.5) is 9.93 Å². The van der Waals surface area contributed by atoms with E-state index in [2.05, 4.69) is 41.2 Å². The van der Waals surface area contributed by atoms with Crippen molar-refractivity contribution in [3.05, 3.63) is 29.1 Å². The number of carbonyl (C=O) groups excluding carboxylic acids is 1. The van der Waals surface area contributed by atoms with Crippen LogP contribution in [-0.4, -0.2) is 85.7 Å². The summed E-state index contributed by atoms with van der Waals surface area (Å²) in [5.41, 5.74) is 3.11. The molecule has 0 spiro atoms. The summed E-state index contributed by atoms with van der Waals surface area (Å²) >= 11 is 1.46. The van der Waals surface area contributed by atoms with Gasteiger partial charge in [0.25, 0.3) is 0 Å². The number of thiazole rings is 1. The SMILES string of the molecule is CCCCc1ccc(OC)c(-c2csc(NC(=O)N3CCN(CC4CCN(C)CC4)CC3)n2)c1. The summed E-state index contributed by atoms with van der Waals surface area (Å²) in [5, 5.41) is 5.65. The monoisotopic (exact) mass is 485 g/mol. The van der Waals surface area contributed by atoms with E-state index in [-0.39, 0.29) is 6.03 Å². The third kappa shape index (κ3) is 6.49. The van der Waals surface area contributed by atoms with Crippen LogP contribution in [0.3, 0.4) is 0 Å². The maximum absolute atomic E-state index is 12.9. The Kier molecular flexibility index (Phi) is 8.80. The third-order valence-electron chi connectivity index (χ3n) is 7.09. The maximum Gasteiger partial charge on any atom is 0.323 e. The van der Waals surface area contributed by atoms with Crippen molar-refractivity contribution >= 4 is 22.5 Å². The van der Waals surface area contributed by atoms with Crippen LogP contribution in [0.5, 0.6) is 5.75 Å². The van der Waals surface area contributed by atoms with E-state index in [0.29, 0.717) is 5.13 Å². The first-order valence-electron chi connectivity index (χ1n) is 12.7. The first-order chi connectivity index (χ1) is 16.6. The Balaban J connectivity index is 1.30. The number of piperazine rings is 1. The number of hydrogen-bond acceptors (Lipinski definition) is 6. The van der Waals surface area contributed by atoms with Gasteiger partial charge in [-0.15, -0.1) is 11.3 Å². The highest BCUT2D eigenvalue weighted by Crippen LogP contribution is 2.33. The van der Waals surface area contributed by atoms with Crippen LogP contribution >= 0.6 is 11.3 Å². The largest absolute Gasteiger partial charge is 0.496 e. The number of aromatic nitrogens is 1. The smallest absolute Gasteiger partial charge is 0.323 e. The molecule has 0 bridgehead atoms. The molecule has 1 aromatic carbocycles. The standard InChI is InChI=1S/C26H39N5O2S/c1-4-5-6-20-7-8-24(33-3)22(17-20)23-19-34-25(27-23)28-26(32)31-15-13-30(14-16-31)18-21-9-11-29(2)12-10-21/h7-8,17,19,21H,4-6,9-16,18H2,1-3H3,(H,27,28,32). The van der Waals surface area contributed by atoms with E-state index in [0.717, 1.165) is 68.5 Å². The van der Waals surface area contributed by atoms with Crippen LogP contribution in [0.25, 0.3) is 11.3 Å². The quantitative estimate of drug-likeness (QED) is 0.590. The highest BCUT2D eigenvalue weighted by molar-refractivity contribution is 7.14. The number of methoxy groups -OCH3 is 1. The average Bonchev–Trinajstić information content (AvgIpc) is 3.32. The van der Waals surface area contributed by atoms with Crippen LogP contribution in [-0.2, 0) is 6.42 Å². The van der Waals surface area contributed by atoms with Crippen molar-refractivity contribution in [2.24, 2.45) is 5.92 Å². The highest BCUT2D eigenvalue weighted by Gasteiger charge is 2.25. The Morgan fingerprint density at radius 1 is 1.18 bits per heavy atom. The molecule has 0 aliphatic carbocycles. The predicted octanol–water partition coefficient (Wildman–Crippen LogP) is 4.65. The molecule has 0 saturated carbocycles. The van der Waals surface area contributed by atoms with Gasteiger partial charge in [-0.25, -0.2) is 9.78 Å². The van der Waals surface area contributed by atoms with E-state index in [9.17, 15) is 4.79 Å². The van der Waals surface area contributed by atoms with Crippen molar-refractivity contribution in [2.75, 3.05) is 65.3 Å². The number of amides is 2. The normalized spacial score (nSPS) is 18.3. The van der Waals surface area contributed by atoms with Crippen molar-refractivity contribution in [3.8, 4) is 17.0 Å². The summed E-state index contributed by atoms with van der Waals surface area (Å²) in [4.78, 5) is 24.4. The van der Waals surface area contributed by atoms with E-state index < -0.39 is 0 Å². The number of unbranched alkanes of at least 4 members (excludes halogenated alkanes) is 1. The Labute approximate surface area is 208 Å². The lowest BCUT2D eigenvalue weighted by molar-refractivity contribution is 0.113. The summed E-state index contributed by atoms with van der Waals surface area (Å²) in [7, 11) is 3.89. The minimum absolute atomic E-state index is 0.0523. The summed E-state index contributed by atoms with van der Waals surface area (Å²) in [6.45, 7) is 9.21. The van der Waals surface area contributed by atoms with Crippen molar-refractivity contribution in [1.29, 1.82) is 0 Å². The number of carbonyl (C=O) groups is 1. The average molecular weight is 486 g/mol. The van der Waals surface area contributed by atoms with Gasteiger partial charge in [0, 0.05) is 43.7 Å². The number of rotatable bonds is 8. The van der Waals surface area contributed by atoms with Gasteiger partial charge >= 0.3 is 6.03 Å². The molecule has 0 unspecified atom stereocenters. The molecule has 2 aliphatic rings. The molecule has 2 fully saturated rings. The zero-order valence-corrected chi connectivity index (χ0v) is 21.7. The molecule has 8 heteroatoms. The minimum Gasteiger partial charge on any atom is -0.496 e. The van der Waals surface area contributed by atoms with E-state index in [4.69, 9.17) is 9.72 Å². The van der Waals surface area contributed by atoms with Crippen molar-refractivity contribution < 1.29 is 9.53 Å². The second-order valence-corrected chi connectivity index (χ2v) is 10.5. The number of likely N-dealkylation sites (tertiary alicyclic amines) is 1. The molecule has 2 amide bonds. The number of aryl methyl sites for hydroxylation is 1. The van der Waals surface area contributed by atoms with Crippen molar-refractivity contribution in [3.63, 3.8) is 0 Å². The first-order valence-corrected chi connectivity index (χ1v) is 13.5. The van der Waals surface area contributed by atoms with Gasteiger partial charge in [0.1, 0.15) is 5.75 Å². The second-order valence-electron chi connectivity index (χ2n) is 9.64. The molecule has 2 aliphatic heterocycles. The molecule has 0 radical (unpaired) electrons. The van der Waals surface area contributed by atoms with E-state index >= 15 is 0 Å². The number of nitrogens with one attached hydrogen (secondary N) is 1. The number of ether oxygens (including phenoxy) is 1.